The van der Waals surface area contributed by atoms with Gasteiger partial charge in [-0.1, -0.05) is 0 Å². The topological polar surface area (TPSA) is 60.1 Å². The van der Waals surface area contributed by atoms with E-state index in [1.807, 2.05) is 25.9 Å². The Morgan fingerprint density at radius 3 is 2.91 bits per heavy atom. The first-order valence-corrected chi connectivity index (χ1v) is 7.96. The number of nitrogens with two attached hydrogens (primary N) is 1. The van der Waals surface area contributed by atoms with Crippen LogP contribution in [0.15, 0.2) is 17.1 Å². The minimum absolute atomic E-state index is 0.247. The van der Waals surface area contributed by atoms with E-state index in [4.69, 9.17) is 15.2 Å². The van der Waals surface area contributed by atoms with Crippen molar-refractivity contribution in [3.8, 4) is 11.5 Å². The second-order valence-corrected chi connectivity index (χ2v) is 6.35. The maximum Gasteiger partial charge on any atom is 0.191 e. The lowest BCUT2D eigenvalue weighted by Gasteiger charge is -2.13. The van der Waals surface area contributed by atoms with Crippen molar-refractivity contribution in [1.82, 2.24) is 4.90 Å². The van der Waals surface area contributed by atoms with Crippen LogP contribution in [0.2, 0.25) is 0 Å². The number of rotatable bonds is 4. The Kier molecular flexibility index (Phi) is 3.89. The summed E-state index contributed by atoms with van der Waals surface area (Å²) in [5.74, 6) is 2.94. The molecule has 0 radical (unpaired) electrons. The van der Waals surface area contributed by atoms with E-state index in [1.165, 1.54) is 11.1 Å². The second kappa shape index (κ2) is 5.71. The molecule has 0 saturated heterocycles. The largest absolute Gasteiger partial charge is 0.494 e. The molecule has 1 heterocycles. The van der Waals surface area contributed by atoms with Gasteiger partial charge in [-0.3, -0.25) is 0 Å². The van der Waals surface area contributed by atoms with Crippen molar-refractivity contribution in [3.05, 3.63) is 23.3 Å². The molecule has 3 unspecified atom stereocenters. The molecule has 22 heavy (non-hydrogen) atoms. The van der Waals surface area contributed by atoms with Gasteiger partial charge in [0.2, 0.25) is 0 Å². The molecule has 1 saturated carbocycles. The van der Waals surface area contributed by atoms with Crippen LogP contribution in [0.5, 0.6) is 11.5 Å². The predicted octanol–water partition coefficient (Wildman–Crippen LogP) is 2.14. The fourth-order valence-electron chi connectivity index (χ4n) is 2.97. The van der Waals surface area contributed by atoms with Crippen LogP contribution in [0, 0.1) is 0 Å². The lowest BCUT2D eigenvalue weighted by atomic mass is 10.0. The normalized spacial score (nSPS) is 26.4. The molecule has 5 heteroatoms. The van der Waals surface area contributed by atoms with Gasteiger partial charge in [0.25, 0.3) is 0 Å². The number of aliphatic imine (C=N–C) groups is 1. The number of nitrogens with zero attached hydrogens (tertiary/aromatic N) is 2. The van der Waals surface area contributed by atoms with Crippen molar-refractivity contribution in [1.29, 1.82) is 0 Å². The molecule has 3 atom stereocenters. The van der Waals surface area contributed by atoms with Crippen LogP contribution in [0.1, 0.15) is 37.3 Å². The highest BCUT2D eigenvalue weighted by atomic mass is 16.5. The molecule has 1 aliphatic heterocycles. The molecule has 2 N–H and O–H groups in total. The van der Waals surface area contributed by atoms with Crippen LogP contribution in [0.25, 0.3) is 0 Å². The molecule has 5 nitrogen and oxygen atoms in total. The van der Waals surface area contributed by atoms with Crippen molar-refractivity contribution in [3.63, 3.8) is 0 Å². The molecule has 1 aromatic rings. The zero-order valence-electron chi connectivity index (χ0n) is 13.8. The lowest BCUT2D eigenvalue weighted by Crippen LogP contribution is -2.30. The van der Waals surface area contributed by atoms with Crippen LogP contribution < -0.4 is 15.2 Å². The van der Waals surface area contributed by atoms with Gasteiger partial charge in [-0.2, -0.15) is 0 Å². The van der Waals surface area contributed by atoms with Crippen molar-refractivity contribution in [2.45, 2.75) is 44.8 Å². The number of hydrogen-bond acceptors (Lipinski definition) is 3. The van der Waals surface area contributed by atoms with E-state index in [9.17, 15) is 0 Å². The van der Waals surface area contributed by atoms with E-state index in [2.05, 4.69) is 24.0 Å². The summed E-state index contributed by atoms with van der Waals surface area (Å²) in [5.41, 5.74) is 8.37. The van der Waals surface area contributed by atoms with Gasteiger partial charge in [0, 0.05) is 37.6 Å². The van der Waals surface area contributed by atoms with Crippen LogP contribution in [0.3, 0.4) is 0 Å². The molecule has 0 spiro atoms. The van der Waals surface area contributed by atoms with Gasteiger partial charge in [0.1, 0.15) is 17.6 Å². The summed E-state index contributed by atoms with van der Waals surface area (Å²) in [4.78, 5) is 6.42. The number of ether oxygens (including phenoxy) is 2. The SMILES string of the molecule is CCOc1cc2c(cc1C1CC1N=C(N)N(C)C)OC(C)C2. The van der Waals surface area contributed by atoms with E-state index < -0.39 is 0 Å². The third kappa shape index (κ3) is 2.85. The molecule has 3 rings (SSSR count). The summed E-state index contributed by atoms with van der Waals surface area (Å²) < 4.78 is 11.7. The number of benzene rings is 1. The summed E-state index contributed by atoms with van der Waals surface area (Å²) in [6, 6.07) is 4.54. The molecule has 1 aromatic carbocycles. The van der Waals surface area contributed by atoms with Crippen molar-refractivity contribution < 1.29 is 9.47 Å². The summed E-state index contributed by atoms with van der Waals surface area (Å²) >= 11 is 0. The summed E-state index contributed by atoms with van der Waals surface area (Å²) in [5, 5.41) is 0. The molecule has 0 aromatic heterocycles. The standard InChI is InChI=1S/C17H25N3O2/c1-5-21-16-7-11-6-10(2)22-15(11)9-13(16)12-8-14(12)19-17(18)20(3)4/h7,9-10,12,14H,5-6,8H2,1-4H3,(H2,18,19). The first-order valence-electron chi connectivity index (χ1n) is 7.96. The summed E-state index contributed by atoms with van der Waals surface area (Å²) in [7, 11) is 3.82. The maximum absolute atomic E-state index is 5.92. The Balaban J connectivity index is 1.85. The molecule has 1 aliphatic carbocycles. The Morgan fingerprint density at radius 2 is 2.23 bits per heavy atom. The zero-order valence-corrected chi connectivity index (χ0v) is 13.8. The highest BCUT2D eigenvalue weighted by Crippen LogP contribution is 2.49. The quantitative estimate of drug-likeness (QED) is 0.684. The van der Waals surface area contributed by atoms with Crippen molar-refractivity contribution in [2.24, 2.45) is 10.7 Å². The molecule has 0 bridgehead atoms. The van der Waals surface area contributed by atoms with Gasteiger partial charge >= 0.3 is 0 Å². The van der Waals surface area contributed by atoms with Gasteiger partial charge in [0.05, 0.1) is 12.6 Å². The summed E-state index contributed by atoms with van der Waals surface area (Å²) in [6.07, 6.45) is 2.22. The summed E-state index contributed by atoms with van der Waals surface area (Å²) in [6.45, 7) is 4.79. The third-order valence-electron chi connectivity index (χ3n) is 4.24. The minimum atomic E-state index is 0.247. The van der Waals surface area contributed by atoms with Crippen LogP contribution in [-0.2, 0) is 6.42 Å². The predicted molar refractivity (Wildman–Crippen MR) is 87.9 cm³/mol. The Hall–Kier alpha value is -1.91. The van der Waals surface area contributed by atoms with Gasteiger partial charge in [-0.25, -0.2) is 4.99 Å². The molecular formula is C17H25N3O2. The maximum atomic E-state index is 5.92. The van der Waals surface area contributed by atoms with Gasteiger partial charge < -0.3 is 20.1 Å². The molecule has 2 aliphatic rings. The molecule has 0 amide bonds. The minimum Gasteiger partial charge on any atom is -0.494 e. The van der Waals surface area contributed by atoms with E-state index in [0.717, 1.165) is 24.3 Å². The number of fused-ring (bicyclic) bond motifs is 1. The van der Waals surface area contributed by atoms with Gasteiger partial charge in [0.15, 0.2) is 5.96 Å². The second-order valence-electron chi connectivity index (χ2n) is 6.35. The zero-order chi connectivity index (χ0) is 15.9. The van der Waals surface area contributed by atoms with Crippen LogP contribution in [0.4, 0.5) is 0 Å². The fourth-order valence-corrected chi connectivity index (χ4v) is 2.97. The smallest absolute Gasteiger partial charge is 0.191 e. The monoisotopic (exact) mass is 303 g/mol. The van der Waals surface area contributed by atoms with E-state index >= 15 is 0 Å². The van der Waals surface area contributed by atoms with E-state index in [-0.39, 0.29) is 12.1 Å². The average Bonchev–Trinajstić information content (AvgIpc) is 3.10. The third-order valence-corrected chi connectivity index (χ3v) is 4.24. The Labute approximate surface area is 132 Å². The highest BCUT2D eigenvalue weighted by Gasteiger charge is 2.41. The first-order chi connectivity index (χ1) is 10.5. The molecule has 1 fully saturated rings. The number of guanidine groups is 1. The van der Waals surface area contributed by atoms with Gasteiger partial charge in [-0.15, -0.1) is 0 Å². The van der Waals surface area contributed by atoms with Crippen molar-refractivity contribution in [2.75, 3.05) is 20.7 Å². The Bertz CT molecular complexity index is 598. The molecule has 120 valence electrons. The fraction of sp³-hybridized carbons (Fsp3) is 0.588. The first kappa shape index (κ1) is 15.0. The number of hydrogen-bond donors (Lipinski definition) is 1. The molecular weight excluding hydrogens is 278 g/mol. The van der Waals surface area contributed by atoms with E-state index in [1.54, 1.807) is 0 Å². The average molecular weight is 303 g/mol. The van der Waals surface area contributed by atoms with Gasteiger partial charge in [-0.05, 0) is 32.4 Å². The van der Waals surface area contributed by atoms with Crippen LogP contribution in [-0.4, -0.2) is 43.7 Å². The van der Waals surface area contributed by atoms with E-state index in [0.29, 0.717) is 18.5 Å². The Morgan fingerprint density at radius 1 is 1.45 bits per heavy atom. The van der Waals surface area contributed by atoms with Crippen LogP contribution >= 0.6 is 0 Å². The van der Waals surface area contributed by atoms with Crippen molar-refractivity contribution >= 4 is 5.96 Å². The lowest BCUT2D eigenvalue weighted by molar-refractivity contribution is 0.254. The highest BCUT2D eigenvalue weighted by molar-refractivity contribution is 5.78.